The molecule has 3 rings (SSSR count). The minimum atomic E-state index is 0.241. The molecule has 0 amide bonds. The Balaban J connectivity index is 1.82. The maximum atomic E-state index is 6.04. The second-order valence-electron chi connectivity index (χ2n) is 4.33. The lowest BCUT2D eigenvalue weighted by Gasteiger charge is -2.06. The molecule has 1 heterocycles. The fourth-order valence-electron chi connectivity index (χ4n) is 1.86. The quantitative estimate of drug-likeness (QED) is 0.644. The summed E-state index contributed by atoms with van der Waals surface area (Å²) in [6, 6.07) is 8.47. The van der Waals surface area contributed by atoms with E-state index in [0.717, 1.165) is 11.0 Å². The Kier molecular flexibility index (Phi) is 4.18. The van der Waals surface area contributed by atoms with Gasteiger partial charge in [-0.15, -0.1) is 0 Å². The van der Waals surface area contributed by atoms with E-state index in [1.54, 1.807) is 30.3 Å². The van der Waals surface area contributed by atoms with Crippen LogP contribution < -0.4 is 4.74 Å². The van der Waals surface area contributed by atoms with Crippen molar-refractivity contribution in [1.82, 2.24) is 9.97 Å². The first-order valence-electron chi connectivity index (χ1n) is 5.94. The van der Waals surface area contributed by atoms with Crippen LogP contribution in [-0.2, 0) is 6.61 Å². The maximum absolute atomic E-state index is 6.04. The molecule has 2 aromatic carbocycles. The molecule has 0 aliphatic rings. The normalized spacial score (nSPS) is 11.0. The average molecular weight is 362 g/mol. The molecule has 0 saturated carbocycles. The lowest BCUT2D eigenvalue weighted by Crippen LogP contribution is -1.97. The highest BCUT2D eigenvalue weighted by Gasteiger charge is 2.08. The number of hydrogen-bond acceptors (Lipinski definition) is 2. The van der Waals surface area contributed by atoms with Crippen molar-refractivity contribution >= 4 is 57.4 Å². The average Bonchev–Trinajstić information content (AvgIpc) is 2.80. The molecule has 0 bridgehead atoms. The van der Waals surface area contributed by atoms with Crippen molar-refractivity contribution in [2.75, 3.05) is 0 Å². The molecule has 0 spiro atoms. The number of rotatable bonds is 3. The van der Waals surface area contributed by atoms with Crippen molar-refractivity contribution in [3.8, 4) is 5.75 Å². The fourth-order valence-corrected chi connectivity index (χ4v) is 2.65. The zero-order valence-corrected chi connectivity index (χ0v) is 13.5. The molecular formula is C14H8Cl4N2O. The van der Waals surface area contributed by atoms with Gasteiger partial charge in [-0.2, -0.15) is 0 Å². The summed E-state index contributed by atoms with van der Waals surface area (Å²) in [7, 11) is 0. The van der Waals surface area contributed by atoms with Gasteiger partial charge in [0.05, 0.1) is 26.1 Å². The summed E-state index contributed by atoms with van der Waals surface area (Å²) in [5, 5.41) is 1.94. The number of imidazole rings is 1. The minimum Gasteiger partial charge on any atom is -0.484 e. The predicted molar refractivity (Wildman–Crippen MR) is 86.9 cm³/mol. The summed E-state index contributed by atoms with van der Waals surface area (Å²) in [6.07, 6.45) is 0. The van der Waals surface area contributed by atoms with Crippen molar-refractivity contribution < 1.29 is 4.74 Å². The third-order valence-electron chi connectivity index (χ3n) is 2.83. The van der Waals surface area contributed by atoms with E-state index >= 15 is 0 Å². The van der Waals surface area contributed by atoms with E-state index in [9.17, 15) is 0 Å². The molecule has 0 fully saturated rings. The van der Waals surface area contributed by atoms with Crippen LogP contribution in [0.2, 0.25) is 20.1 Å². The molecule has 3 aromatic rings. The largest absolute Gasteiger partial charge is 0.484 e. The fraction of sp³-hybridized carbons (Fsp3) is 0.0714. The number of aromatic nitrogens is 2. The number of nitrogens with one attached hydrogen (secondary N) is 1. The van der Waals surface area contributed by atoms with Crippen LogP contribution in [0, 0.1) is 0 Å². The van der Waals surface area contributed by atoms with Gasteiger partial charge in [-0.25, -0.2) is 4.98 Å². The van der Waals surface area contributed by atoms with E-state index < -0.39 is 0 Å². The Hall–Kier alpha value is -1.13. The smallest absolute Gasteiger partial charge is 0.146 e. The van der Waals surface area contributed by atoms with E-state index in [4.69, 9.17) is 51.1 Å². The van der Waals surface area contributed by atoms with Gasteiger partial charge in [0.2, 0.25) is 0 Å². The number of fused-ring (bicyclic) bond motifs is 1. The SMILES string of the molecule is Clc1ccc(OCc2nc3cc(Cl)c(Cl)cc3[nH]2)c(Cl)c1. The Bertz CT molecular complexity index is 777. The van der Waals surface area contributed by atoms with Gasteiger partial charge in [-0.3, -0.25) is 0 Å². The molecule has 1 aromatic heterocycles. The predicted octanol–water partition coefficient (Wildman–Crippen LogP) is 5.76. The third kappa shape index (κ3) is 3.22. The zero-order chi connectivity index (χ0) is 15.0. The first-order chi connectivity index (χ1) is 10.0. The van der Waals surface area contributed by atoms with Crippen LogP contribution in [-0.4, -0.2) is 9.97 Å². The highest BCUT2D eigenvalue weighted by Crippen LogP contribution is 2.29. The molecule has 1 N–H and O–H groups in total. The molecule has 0 atom stereocenters. The van der Waals surface area contributed by atoms with Gasteiger partial charge in [0.1, 0.15) is 18.2 Å². The van der Waals surface area contributed by atoms with Crippen LogP contribution in [0.15, 0.2) is 30.3 Å². The highest BCUT2D eigenvalue weighted by atomic mass is 35.5. The van der Waals surface area contributed by atoms with E-state index in [1.807, 2.05) is 0 Å². The molecular weight excluding hydrogens is 354 g/mol. The van der Waals surface area contributed by atoms with Gasteiger partial charge in [0.25, 0.3) is 0 Å². The van der Waals surface area contributed by atoms with Gasteiger partial charge >= 0.3 is 0 Å². The molecule has 0 aliphatic heterocycles. The summed E-state index contributed by atoms with van der Waals surface area (Å²) < 4.78 is 5.62. The minimum absolute atomic E-state index is 0.241. The molecule has 3 nitrogen and oxygen atoms in total. The van der Waals surface area contributed by atoms with Crippen molar-refractivity contribution in [1.29, 1.82) is 0 Å². The van der Waals surface area contributed by atoms with Gasteiger partial charge < -0.3 is 9.72 Å². The Morgan fingerprint density at radius 2 is 1.71 bits per heavy atom. The third-order valence-corrected chi connectivity index (χ3v) is 4.08. The number of nitrogens with zero attached hydrogens (tertiary/aromatic N) is 1. The van der Waals surface area contributed by atoms with Crippen LogP contribution >= 0.6 is 46.4 Å². The van der Waals surface area contributed by atoms with Gasteiger partial charge in [-0.1, -0.05) is 46.4 Å². The Morgan fingerprint density at radius 3 is 2.48 bits per heavy atom. The molecule has 0 unspecified atom stereocenters. The van der Waals surface area contributed by atoms with Crippen molar-refractivity contribution in [2.24, 2.45) is 0 Å². The number of benzene rings is 2. The summed E-state index contributed by atoms with van der Waals surface area (Å²) in [5.74, 6) is 1.19. The molecule has 0 radical (unpaired) electrons. The molecule has 108 valence electrons. The first kappa shape index (κ1) is 14.8. The van der Waals surface area contributed by atoms with Crippen molar-refractivity contribution in [3.05, 3.63) is 56.2 Å². The second kappa shape index (κ2) is 5.93. The lowest BCUT2D eigenvalue weighted by molar-refractivity contribution is 0.298. The van der Waals surface area contributed by atoms with E-state index in [2.05, 4.69) is 9.97 Å². The zero-order valence-electron chi connectivity index (χ0n) is 10.5. The number of hydrogen-bond donors (Lipinski definition) is 1. The van der Waals surface area contributed by atoms with E-state index in [0.29, 0.717) is 31.7 Å². The van der Waals surface area contributed by atoms with Crippen LogP contribution in [0.25, 0.3) is 11.0 Å². The van der Waals surface area contributed by atoms with Crippen LogP contribution in [0.3, 0.4) is 0 Å². The van der Waals surface area contributed by atoms with Crippen molar-refractivity contribution in [2.45, 2.75) is 6.61 Å². The summed E-state index contributed by atoms with van der Waals surface area (Å²) in [6.45, 7) is 0.241. The summed E-state index contributed by atoms with van der Waals surface area (Å²) in [4.78, 5) is 7.50. The lowest BCUT2D eigenvalue weighted by atomic mass is 10.3. The maximum Gasteiger partial charge on any atom is 0.146 e. The Labute approximate surface area is 140 Å². The number of aromatic amines is 1. The van der Waals surface area contributed by atoms with Gasteiger partial charge in [-0.05, 0) is 30.3 Å². The summed E-state index contributed by atoms with van der Waals surface area (Å²) in [5.41, 5.74) is 1.52. The summed E-state index contributed by atoms with van der Waals surface area (Å²) >= 11 is 23.8. The van der Waals surface area contributed by atoms with Crippen molar-refractivity contribution in [3.63, 3.8) is 0 Å². The number of halogens is 4. The molecule has 0 aliphatic carbocycles. The van der Waals surface area contributed by atoms with E-state index in [-0.39, 0.29) is 6.61 Å². The highest BCUT2D eigenvalue weighted by molar-refractivity contribution is 6.42. The Morgan fingerprint density at radius 1 is 0.952 bits per heavy atom. The number of ether oxygens (including phenoxy) is 1. The second-order valence-corrected chi connectivity index (χ2v) is 5.99. The van der Waals surface area contributed by atoms with Gasteiger partial charge in [0, 0.05) is 5.02 Å². The first-order valence-corrected chi connectivity index (χ1v) is 7.45. The monoisotopic (exact) mass is 360 g/mol. The number of H-pyrrole nitrogens is 1. The van der Waals surface area contributed by atoms with Crippen LogP contribution in [0.4, 0.5) is 0 Å². The molecule has 7 heteroatoms. The van der Waals surface area contributed by atoms with Crippen LogP contribution in [0.5, 0.6) is 5.75 Å². The molecule has 0 saturated heterocycles. The van der Waals surface area contributed by atoms with E-state index in [1.165, 1.54) is 0 Å². The standard InChI is InChI=1S/C14H8Cl4N2O/c15-7-1-2-13(10(18)3-7)21-6-14-19-11-4-8(16)9(17)5-12(11)20-14/h1-5H,6H2,(H,19,20). The molecule has 21 heavy (non-hydrogen) atoms. The topological polar surface area (TPSA) is 37.9 Å². The van der Waals surface area contributed by atoms with Gasteiger partial charge in [0.15, 0.2) is 0 Å². The van der Waals surface area contributed by atoms with Crippen LogP contribution in [0.1, 0.15) is 5.82 Å².